The van der Waals surface area contributed by atoms with E-state index < -0.39 is 67.0 Å². The van der Waals surface area contributed by atoms with Gasteiger partial charge in [-0.25, -0.2) is 14.1 Å². The van der Waals surface area contributed by atoms with Crippen LogP contribution in [-0.2, 0) is 37.7 Å². The Morgan fingerprint density at radius 1 is 1.12 bits per heavy atom. The van der Waals surface area contributed by atoms with Gasteiger partial charge in [-0.1, -0.05) is 18.2 Å². The lowest BCUT2D eigenvalue weighted by atomic mass is 9.94. The summed E-state index contributed by atoms with van der Waals surface area (Å²) in [6.45, 7) is 0.353. The van der Waals surface area contributed by atoms with Gasteiger partial charge in [-0.15, -0.1) is 0 Å². The first kappa shape index (κ1) is 29.1. The Morgan fingerprint density at radius 2 is 1.84 bits per heavy atom. The van der Waals surface area contributed by atoms with Crippen molar-refractivity contribution in [1.29, 1.82) is 0 Å². The number of rotatable bonds is 9. The summed E-state index contributed by atoms with van der Waals surface area (Å²) in [7, 11) is 0. The Kier molecular flexibility index (Phi) is 7.39. The molecule has 6 rings (SSSR count). The predicted molar refractivity (Wildman–Crippen MR) is 144 cm³/mol. The number of aryl methyl sites for hydroxylation is 1. The van der Waals surface area contributed by atoms with Crippen LogP contribution in [0.15, 0.2) is 42.5 Å². The van der Waals surface area contributed by atoms with Crippen LogP contribution in [0.1, 0.15) is 42.4 Å². The second-order valence-electron chi connectivity index (χ2n) is 11.6. The zero-order chi connectivity index (χ0) is 30.5. The number of hydrogen-bond acceptors (Lipinski definition) is 6. The maximum absolute atomic E-state index is 14.1. The summed E-state index contributed by atoms with van der Waals surface area (Å²) in [5, 5.41) is 5.89. The highest BCUT2D eigenvalue weighted by Gasteiger charge is 2.58. The SMILES string of the molecule is O=C(Nc1ccc2c(c1)CC[C@]21OC(=O)N(CCC(=O)N(Cc2ccc(F)cc2)[C@H](C2CC2)C(F)(F)F)C1=O)C1CNC1. The van der Waals surface area contributed by atoms with Crippen LogP contribution in [0.3, 0.4) is 0 Å². The first-order valence-electron chi connectivity index (χ1n) is 14.3. The van der Waals surface area contributed by atoms with E-state index in [-0.39, 0.29) is 18.2 Å². The largest absolute Gasteiger partial charge is 0.427 e. The fourth-order valence-corrected chi connectivity index (χ4v) is 6.10. The molecule has 2 N–H and O–H groups in total. The Morgan fingerprint density at radius 3 is 2.47 bits per heavy atom. The Bertz CT molecular complexity index is 1460. The van der Waals surface area contributed by atoms with Crippen molar-refractivity contribution >= 4 is 29.5 Å². The molecule has 9 nitrogen and oxygen atoms in total. The van der Waals surface area contributed by atoms with Crippen LogP contribution in [0.5, 0.6) is 0 Å². The number of amides is 4. The number of nitrogens with zero attached hydrogens (tertiary/aromatic N) is 2. The van der Waals surface area contributed by atoms with Gasteiger partial charge in [0.2, 0.25) is 17.4 Å². The quantitative estimate of drug-likeness (QED) is 0.422. The molecule has 0 unspecified atom stereocenters. The van der Waals surface area contributed by atoms with Crippen molar-refractivity contribution < 1.29 is 41.5 Å². The Balaban J connectivity index is 1.16. The van der Waals surface area contributed by atoms with Crippen LogP contribution < -0.4 is 10.6 Å². The predicted octanol–water partition coefficient (Wildman–Crippen LogP) is 3.86. The lowest BCUT2D eigenvalue weighted by Crippen LogP contribution is -2.50. The number of nitrogens with one attached hydrogen (secondary N) is 2. The molecular weight excluding hydrogens is 572 g/mol. The van der Waals surface area contributed by atoms with Crippen molar-refractivity contribution in [3.05, 3.63) is 65.0 Å². The standard InChI is InChI=1S/C30H30F4N4O5/c31-21-5-1-17(2-6-21)16-38(25(18-3-4-18)30(32,33)34)24(39)10-12-37-27(41)29(43-28(37)42)11-9-19-13-22(7-8-23(19)29)36-26(40)20-14-35-15-20/h1-2,5-8,13,18,20,25,35H,3-4,9-12,14-16H2,(H,36,40)/t25-,29+/m1/s1. The second-order valence-corrected chi connectivity index (χ2v) is 11.6. The average molecular weight is 603 g/mol. The second kappa shape index (κ2) is 10.9. The number of ether oxygens (including phenoxy) is 1. The first-order chi connectivity index (χ1) is 20.5. The highest BCUT2D eigenvalue weighted by molar-refractivity contribution is 6.04. The van der Waals surface area contributed by atoms with E-state index in [2.05, 4.69) is 10.6 Å². The number of hydrogen-bond donors (Lipinski definition) is 2. The molecule has 43 heavy (non-hydrogen) atoms. The van der Waals surface area contributed by atoms with E-state index in [1.54, 1.807) is 18.2 Å². The van der Waals surface area contributed by atoms with Gasteiger partial charge in [0.25, 0.3) is 5.91 Å². The number of alkyl halides is 3. The number of carbonyl (C=O) groups excluding carboxylic acids is 4. The third-order valence-corrected chi connectivity index (χ3v) is 8.65. The van der Waals surface area contributed by atoms with Gasteiger partial charge in [0.15, 0.2) is 0 Å². The van der Waals surface area contributed by atoms with Gasteiger partial charge < -0.3 is 20.3 Å². The van der Waals surface area contributed by atoms with Crippen molar-refractivity contribution in [1.82, 2.24) is 15.1 Å². The fraction of sp³-hybridized carbons (Fsp3) is 0.467. The molecule has 2 aromatic carbocycles. The minimum Gasteiger partial charge on any atom is -0.427 e. The topological polar surface area (TPSA) is 108 Å². The van der Waals surface area contributed by atoms with E-state index in [1.807, 2.05) is 0 Å². The number of fused-ring (bicyclic) bond motifs is 2. The third-order valence-electron chi connectivity index (χ3n) is 8.65. The van der Waals surface area contributed by atoms with Gasteiger partial charge in [0.1, 0.15) is 11.9 Å². The maximum Gasteiger partial charge on any atom is 0.418 e. The summed E-state index contributed by atoms with van der Waals surface area (Å²) < 4.78 is 61.4. The normalized spacial score (nSPS) is 22.3. The minimum absolute atomic E-state index is 0.115. The molecule has 2 atom stereocenters. The van der Waals surface area contributed by atoms with E-state index in [4.69, 9.17) is 4.74 Å². The van der Waals surface area contributed by atoms with E-state index >= 15 is 0 Å². The maximum atomic E-state index is 14.1. The van der Waals surface area contributed by atoms with Crippen molar-refractivity contribution in [3.8, 4) is 0 Å². The molecule has 1 spiro atoms. The summed E-state index contributed by atoms with van der Waals surface area (Å²) in [4.78, 5) is 53.6. The van der Waals surface area contributed by atoms with Gasteiger partial charge in [-0.3, -0.25) is 14.4 Å². The molecule has 4 amide bonds. The molecule has 2 aliphatic carbocycles. The molecule has 2 aliphatic heterocycles. The first-order valence-corrected chi connectivity index (χ1v) is 14.3. The van der Waals surface area contributed by atoms with Gasteiger partial charge in [-0.05, 0) is 60.6 Å². The Hall–Kier alpha value is -4.00. The van der Waals surface area contributed by atoms with Crippen LogP contribution in [0.2, 0.25) is 0 Å². The lowest BCUT2D eigenvalue weighted by Gasteiger charge is -2.34. The van der Waals surface area contributed by atoms with Gasteiger partial charge in [0.05, 0.1) is 5.92 Å². The van der Waals surface area contributed by atoms with Gasteiger partial charge >= 0.3 is 12.3 Å². The molecule has 2 heterocycles. The highest BCUT2D eigenvalue weighted by Crippen LogP contribution is 2.47. The average Bonchev–Trinajstić information content (AvgIpc) is 3.63. The number of carbonyl (C=O) groups is 4. The molecule has 2 saturated heterocycles. The smallest absolute Gasteiger partial charge is 0.418 e. The number of benzene rings is 2. The fourth-order valence-electron chi connectivity index (χ4n) is 6.10. The molecule has 1 saturated carbocycles. The molecule has 0 radical (unpaired) electrons. The molecular formula is C30H30F4N4O5. The van der Waals surface area contributed by atoms with E-state index in [0.717, 1.165) is 27.5 Å². The molecule has 0 aromatic heterocycles. The molecule has 0 bridgehead atoms. The Labute approximate surface area is 244 Å². The molecule has 13 heteroatoms. The van der Waals surface area contributed by atoms with Crippen LogP contribution in [0, 0.1) is 17.7 Å². The highest BCUT2D eigenvalue weighted by atomic mass is 19.4. The zero-order valence-corrected chi connectivity index (χ0v) is 23.1. The summed E-state index contributed by atoms with van der Waals surface area (Å²) in [6.07, 6.45) is -5.00. The van der Waals surface area contributed by atoms with E-state index in [0.29, 0.717) is 49.2 Å². The van der Waals surface area contributed by atoms with Crippen LogP contribution in [0.25, 0.3) is 0 Å². The summed E-state index contributed by atoms with van der Waals surface area (Å²) in [6, 6.07) is 7.83. The van der Waals surface area contributed by atoms with Crippen molar-refractivity contribution in [3.63, 3.8) is 0 Å². The third kappa shape index (κ3) is 5.57. The van der Waals surface area contributed by atoms with E-state index in [1.165, 1.54) is 12.1 Å². The van der Waals surface area contributed by atoms with E-state index in [9.17, 15) is 36.7 Å². The summed E-state index contributed by atoms with van der Waals surface area (Å²) in [5.41, 5.74) is 0.496. The number of halogens is 4. The zero-order valence-electron chi connectivity index (χ0n) is 23.1. The summed E-state index contributed by atoms with van der Waals surface area (Å²) in [5.74, 6) is -3.10. The van der Waals surface area contributed by atoms with Crippen molar-refractivity contribution in [2.45, 2.75) is 56.5 Å². The van der Waals surface area contributed by atoms with Crippen LogP contribution in [-0.4, -0.2) is 65.5 Å². The molecule has 2 aromatic rings. The lowest BCUT2D eigenvalue weighted by molar-refractivity contribution is -0.196. The summed E-state index contributed by atoms with van der Waals surface area (Å²) >= 11 is 0. The molecule has 228 valence electrons. The number of imide groups is 1. The van der Waals surface area contributed by atoms with Crippen molar-refractivity contribution in [2.75, 3.05) is 25.0 Å². The number of anilines is 1. The van der Waals surface area contributed by atoms with Gasteiger partial charge in [0, 0.05) is 50.3 Å². The van der Waals surface area contributed by atoms with Crippen molar-refractivity contribution in [2.24, 2.45) is 11.8 Å². The molecule has 4 aliphatic rings. The monoisotopic (exact) mass is 602 g/mol. The van der Waals surface area contributed by atoms with Gasteiger partial charge in [-0.2, -0.15) is 13.2 Å². The minimum atomic E-state index is -4.69. The van der Waals surface area contributed by atoms with Crippen LogP contribution >= 0.6 is 0 Å². The van der Waals surface area contributed by atoms with Crippen LogP contribution in [0.4, 0.5) is 28.0 Å². The molecule has 3 fully saturated rings.